The minimum Gasteiger partial charge on any atom is -0.381 e. The first kappa shape index (κ1) is 6.05. The lowest BCUT2D eigenvalue weighted by Crippen LogP contribution is -2.24. The Balaban J connectivity index is 2.13. The SMILES string of the molecule is CN[C]1CCOCC1. The molecule has 1 N–H and O–H groups in total. The van der Waals surface area contributed by atoms with Gasteiger partial charge in [-0.15, -0.1) is 0 Å². The van der Waals surface area contributed by atoms with E-state index in [0.717, 1.165) is 26.1 Å². The second kappa shape index (κ2) is 3.05. The molecule has 0 atom stereocenters. The van der Waals surface area contributed by atoms with Gasteiger partial charge in [0.15, 0.2) is 0 Å². The Morgan fingerprint density at radius 1 is 1.38 bits per heavy atom. The molecular formula is C6H12NO. The van der Waals surface area contributed by atoms with Crippen LogP contribution in [0.4, 0.5) is 0 Å². The van der Waals surface area contributed by atoms with Gasteiger partial charge in [0.05, 0.1) is 0 Å². The molecule has 1 rings (SSSR count). The maximum absolute atomic E-state index is 5.14. The van der Waals surface area contributed by atoms with Gasteiger partial charge in [-0.1, -0.05) is 0 Å². The van der Waals surface area contributed by atoms with E-state index in [1.807, 2.05) is 7.05 Å². The van der Waals surface area contributed by atoms with E-state index in [1.165, 1.54) is 6.04 Å². The zero-order valence-electron chi connectivity index (χ0n) is 5.24. The second-order valence-electron chi connectivity index (χ2n) is 1.97. The molecule has 1 aliphatic heterocycles. The Labute approximate surface area is 50.2 Å². The summed E-state index contributed by atoms with van der Waals surface area (Å²) in [6.07, 6.45) is 2.19. The monoisotopic (exact) mass is 114 g/mol. The summed E-state index contributed by atoms with van der Waals surface area (Å²) in [5.74, 6) is 0. The molecule has 0 aliphatic carbocycles. The smallest absolute Gasteiger partial charge is 0.0484 e. The largest absolute Gasteiger partial charge is 0.381 e. The topological polar surface area (TPSA) is 21.3 Å². The van der Waals surface area contributed by atoms with E-state index < -0.39 is 0 Å². The first-order valence-corrected chi connectivity index (χ1v) is 3.03. The Hall–Kier alpha value is -0.0800. The molecule has 1 radical (unpaired) electrons. The summed E-state index contributed by atoms with van der Waals surface area (Å²) in [6.45, 7) is 1.80. The van der Waals surface area contributed by atoms with Crippen LogP contribution in [-0.4, -0.2) is 20.3 Å². The Bertz CT molecular complexity index is 59.5. The number of nitrogens with one attached hydrogen (secondary N) is 1. The van der Waals surface area contributed by atoms with Crippen molar-refractivity contribution in [1.82, 2.24) is 5.32 Å². The van der Waals surface area contributed by atoms with Gasteiger partial charge in [-0.25, -0.2) is 0 Å². The predicted octanol–water partition coefficient (Wildman–Crippen LogP) is 0.548. The van der Waals surface area contributed by atoms with Crippen molar-refractivity contribution in [2.75, 3.05) is 20.3 Å². The Morgan fingerprint density at radius 3 is 2.38 bits per heavy atom. The van der Waals surface area contributed by atoms with Crippen LogP contribution in [-0.2, 0) is 4.74 Å². The van der Waals surface area contributed by atoms with Crippen LogP contribution in [0, 0.1) is 6.04 Å². The molecule has 1 fully saturated rings. The number of ether oxygens (including phenoxy) is 1. The summed E-state index contributed by atoms with van der Waals surface area (Å²) in [4.78, 5) is 0. The average Bonchev–Trinajstić information content (AvgIpc) is 1.90. The molecule has 0 amide bonds. The maximum atomic E-state index is 5.14. The molecule has 1 saturated heterocycles. The summed E-state index contributed by atoms with van der Waals surface area (Å²) >= 11 is 0. The summed E-state index contributed by atoms with van der Waals surface area (Å²) in [7, 11) is 1.97. The first-order chi connectivity index (χ1) is 3.93. The zero-order valence-corrected chi connectivity index (χ0v) is 5.24. The van der Waals surface area contributed by atoms with E-state index >= 15 is 0 Å². The van der Waals surface area contributed by atoms with Crippen LogP contribution in [0.25, 0.3) is 0 Å². The van der Waals surface area contributed by atoms with E-state index in [4.69, 9.17) is 4.74 Å². The highest BCUT2D eigenvalue weighted by Gasteiger charge is 2.10. The van der Waals surface area contributed by atoms with Crippen molar-refractivity contribution in [2.45, 2.75) is 12.8 Å². The molecule has 0 unspecified atom stereocenters. The quantitative estimate of drug-likeness (QED) is 0.537. The van der Waals surface area contributed by atoms with Gasteiger partial charge in [0.25, 0.3) is 0 Å². The second-order valence-corrected chi connectivity index (χ2v) is 1.97. The van der Waals surface area contributed by atoms with Crippen LogP contribution in [0.3, 0.4) is 0 Å². The lowest BCUT2D eigenvalue weighted by molar-refractivity contribution is 0.102. The predicted molar refractivity (Wildman–Crippen MR) is 32.4 cm³/mol. The summed E-state index contributed by atoms with van der Waals surface area (Å²) < 4.78 is 5.14. The maximum Gasteiger partial charge on any atom is 0.0484 e. The fraction of sp³-hybridized carbons (Fsp3) is 0.833. The van der Waals surface area contributed by atoms with Gasteiger partial charge in [0, 0.05) is 19.3 Å². The van der Waals surface area contributed by atoms with E-state index in [0.29, 0.717) is 0 Å². The number of rotatable bonds is 1. The summed E-state index contributed by atoms with van der Waals surface area (Å²) in [6, 6.07) is 1.43. The molecule has 2 nitrogen and oxygen atoms in total. The van der Waals surface area contributed by atoms with Gasteiger partial charge in [0.1, 0.15) is 0 Å². The van der Waals surface area contributed by atoms with Crippen LogP contribution >= 0.6 is 0 Å². The molecule has 0 aromatic carbocycles. The third-order valence-corrected chi connectivity index (χ3v) is 1.45. The molecule has 47 valence electrons. The van der Waals surface area contributed by atoms with Crippen LogP contribution in [0.1, 0.15) is 12.8 Å². The lowest BCUT2D eigenvalue weighted by Gasteiger charge is -2.19. The van der Waals surface area contributed by atoms with Crippen LogP contribution in [0.5, 0.6) is 0 Å². The average molecular weight is 114 g/mol. The first-order valence-electron chi connectivity index (χ1n) is 3.03. The highest BCUT2D eigenvalue weighted by molar-refractivity contribution is 4.86. The van der Waals surface area contributed by atoms with Gasteiger partial charge >= 0.3 is 0 Å². The molecule has 0 saturated carbocycles. The molecule has 0 bridgehead atoms. The van der Waals surface area contributed by atoms with Crippen molar-refractivity contribution in [3.63, 3.8) is 0 Å². The normalized spacial score (nSPS) is 23.6. The number of hydrogen-bond acceptors (Lipinski definition) is 2. The van der Waals surface area contributed by atoms with Crippen molar-refractivity contribution in [1.29, 1.82) is 0 Å². The van der Waals surface area contributed by atoms with Crippen molar-refractivity contribution in [2.24, 2.45) is 0 Å². The molecule has 1 aliphatic rings. The summed E-state index contributed by atoms with van der Waals surface area (Å²) in [5, 5.41) is 3.14. The lowest BCUT2D eigenvalue weighted by atomic mass is 10.1. The highest BCUT2D eigenvalue weighted by Crippen LogP contribution is 2.11. The Kier molecular flexibility index (Phi) is 2.30. The standard InChI is InChI=1S/C6H12NO/c1-7-6-2-4-8-5-3-6/h7H,2-5H2,1H3. The van der Waals surface area contributed by atoms with Crippen LogP contribution < -0.4 is 5.32 Å². The van der Waals surface area contributed by atoms with Crippen molar-refractivity contribution < 1.29 is 4.74 Å². The molecule has 0 aromatic rings. The van der Waals surface area contributed by atoms with E-state index in [-0.39, 0.29) is 0 Å². The van der Waals surface area contributed by atoms with Crippen molar-refractivity contribution >= 4 is 0 Å². The number of hydrogen-bond donors (Lipinski definition) is 1. The Morgan fingerprint density at radius 2 is 2.00 bits per heavy atom. The van der Waals surface area contributed by atoms with E-state index in [2.05, 4.69) is 5.32 Å². The van der Waals surface area contributed by atoms with E-state index in [1.54, 1.807) is 0 Å². The molecule has 0 aromatic heterocycles. The molecule has 0 spiro atoms. The third kappa shape index (κ3) is 1.46. The van der Waals surface area contributed by atoms with Crippen molar-refractivity contribution in [3.8, 4) is 0 Å². The molecule has 1 heterocycles. The van der Waals surface area contributed by atoms with Crippen molar-refractivity contribution in [3.05, 3.63) is 6.04 Å². The highest BCUT2D eigenvalue weighted by atomic mass is 16.5. The minimum absolute atomic E-state index is 0.899. The van der Waals surface area contributed by atoms with Gasteiger partial charge in [0.2, 0.25) is 0 Å². The minimum atomic E-state index is 0.899. The fourth-order valence-electron chi connectivity index (χ4n) is 0.868. The summed E-state index contributed by atoms with van der Waals surface area (Å²) in [5.41, 5.74) is 0. The van der Waals surface area contributed by atoms with Gasteiger partial charge in [-0.3, -0.25) is 0 Å². The van der Waals surface area contributed by atoms with Gasteiger partial charge in [-0.05, 0) is 19.9 Å². The van der Waals surface area contributed by atoms with Gasteiger partial charge in [-0.2, -0.15) is 0 Å². The zero-order chi connectivity index (χ0) is 5.82. The van der Waals surface area contributed by atoms with E-state index in [9.17, 15) is 0 Å². The fourth-order valence-corrected chi connectivity index (χ4v) is 0.868. The van der Waals surface area contributed by atoms with Gasteiger partial charge < -0.3 is 10.1 Å². The molecule has 2 heteroatoms. The molecule has 8 heavy (non-hydrogen) atoms. The van der Waals surface area contributed by atoms with Crippen LogP contribution in [0.2, 0.25) is 0 Å². The third-order valence-electron chi connectivity index (χ3n) is 1.45. The molecular weight excluding hydrogens is 102 g/mol. The van der Waals surface area contributed by atoms with Crippen LogP contribution in [0.15, 0.2) is 0 Å².